The van der Waals surface area contributed by atoms with Crippen LogP contribution in [0, 0.1) is 0 Å². The predicted octanol–water partition coefficient (Wildman–Crippen LogP) is 4.88. The predicted molar refractivity (Wildman–Crippen MR) is 62.7 cm³/mol. The van der Waals surface area contributed by atoms with Gasteiger partial charge in [-0.3, -0.25) is 4.74 Å². The van der Waals surface area contributed by atoms with Crippen LogP contribution in [0.25, 0.3) is 0 Å². The minimum Gasteiger partial charge on any atom is -0.262 e. The highest BCUT2D eigenvalue weighted by atomic mass is 31.1. The zero-order chi connectivity index (χ0) is 10.5. The summed E-state index contributed by atoms with van der Waals surface area (Å²) in [6.07, 6.45) is 3.71. The first-order chi connectivity index (χ1) is 5.89. The van der Waals surface area contributed by atoms with Crippen LogP contribution < -0.4 is 0 Å². The number of hydrogen-bond acceptors (Lipinski definition) is 1. The Morgan fingerprint density at radius 2 is 1.31 bits per heavy atom. The molecule has 0 saturated carbocycles. The highest BCUT2D eigenvalue weighted by Crippen LogP contribution is 2.37. The van der Waals surface area contributed by atoms with Crippen molar-refractivity contribution in [2.24, 2.45) is 4.74 Å². The summed E-state index contributed by atoms with van der Waals surface area (Å²) in [5.41, 5.74) is 0.117. The Bertz CT molecular complexity index is 155. The van der Waals surface area contributed by atoms with E-state index in [9.17, 15) is 0 Å². The van der Waals surface area contributed by atoms with Crippen LogP contribution in [0.5, 0.6) is 0 Å². The van der Waals surface area contributed by atoms with Crippen LogP contribution in [0.3, 0.4) is 0 Å². The molecular formula is C11H24NP. The van der Waals surface area contributed by atoms with Crippen molar-refractivity contribution in [1.82, 2.24) is 0 Å². The molecule has 0 aromatic rings. The van der Waals surface area contributed by atoms with E-state index >= 15 is 0 Å². The van der Waals surface area contributed by atoms with E-state index < -0.39 is 0 Å². The summed E-state index contributed by atoms with van der Waals surface area (Å²) in [6, 6.07) is 0. The molecule has 0 heterocycles. The van der Waals surface area contributed by atoms with Gasteiger partial charge in [0.05, 0.1) is 5.54 Å². The molecular weight excluding hydrogens is 177 g/mol. The Hall–Kier alpha value is 0.100. The van der Waals surface area contributed by atoms with E-state index in [0.717, 1.165) is 0 Å². The minimum atomic E-state index is 0.117. The van der Waals surface area contributed by atoms with Gasteiger partial charge in [0.2, 0.25) is 0 Å². The van der Waals surface area contributed by atoms with Gasteiger partial charge in [-0.15, -0.1) is 0 Å². The molecule has 0 aliphatic rings. The lowest BCUT2D eigenvalue weighted by Crippen LogP contribution is -2.18. The van der Waals surface area contributed by atoms with Crippen molar-refractivity contribution in [3.05, 3.63) is 0 Å². The maximum Gasteiger partial charge on any atom is 0.0567 e. The molecule has 1 nitrogen and oxygen atoms in total. The van der Waals surface area contributed by atoms with Crippen molar-refractivity contribution in [3.8, 4) is 0 Å². The average Bonchev–Trinajstić information content (AvgIpc) is 2.06. The summed E-state index contributed by atoms with van der Waals surface area (Å²) >= 11 is 0. The molecule has 0 aliphatic heterocycles. The molecule has 0 fully saturated rings. The molecule has 2 heteroatoms. The second-order valence-corrected chi connectivity index (χ2v) is 6.00. The molecule has 0 rings (SSSR count). The maximum atomic E-state index is 4.71. The van der Waals surface area contributed by atoms with E-state index in [2.05, 4.69) is 41.5 Å². The topological polar surface area (TPSA) is 12.4 Å². The van der Waals surface area contributed by atoms with E-state index in [1.54, 1.807) is 0 Å². The van der Waals surface area contributed by atoms with E-state index in [1.807, 2.05) is 0 Å². The van der Waals surface area contributed by atoms with Gasteiger partial charge in [0.25, 0.3) is 0 Å². The molecule has 0 amide bonds. The molecule has 78 valence electrons. The Kier molecular flexibility index (Phi) is 5.14. The number of hydrogen-bond donors (Lipinski definition) is 0. The lowest BCUT2D eigenvalue weighted by atomic mass is 9.99. The first kappa shape index (κ1) is 13.1. The molecule has 0 aromatic carbocycles. The van der Waals surface area contributed by atoms with Gasteiger partial charge in [0, 0.05) is 13.5 Å². The third-order valence-corrected chi connectivity index (χ3v) is 4.61. The van der Waals surface area contributed by atoms with Gasteiger partial charge in [-0.1, -0.05) is 20.8 Å². The molecule has 0 aromatic heterocycles. The molecule has 0 aliphatic carbocycles. The van der Waals surface area contributed by atoms with Gasteiger partial charge in [-0.05, 0) is 40.0 Å². The van der Waals surface area contributed by atoms with Crippen molar-refractivity contribution >= 4 is 8.37 Å². The van der Waals surface area contributed by atoms with Gasteiger partial charge in [-0.2, -0.15) is 0 Å². The number of nitrogens with zero attached hydrogens (tertiary/aromatic N) is 1. The largest absolute Gasteiger partial charge is 0.262 e. The van der Waals surface area contributed by atoms with Crippen LogP contribution in [0.1, 0.15) is 60.8 Å². The van der Waals surface area contributed by atoms with Crippen LogP contribution in [-0.2, 0) is 0 Å². The van der Waals surface area contributed by atoms with Crippen molar-refractivity contribution in [2.45, 2.75) is 71.5 Å². The molecule has 0 radical (unpaired) electrons. The van der Waals surface area contributed by atoms with Gasteiger partial charge in [0.1, 0.15) is 0 Å². The molecule has 13 heavy (non-hydrogen) atoms. The Balaban J connectivity index is 4.51. The molecule has 0 atom stereocenters. The van der Waals surface area contributed by atoms with Crippen molar-refractivity contribution < 1.29 is 0 Å². The third-order valence-electron chi connectivity index (χ3n) is 2.54. The van der Waals surface area contributed by atoms with Gasteiger partial charge < -0.3 is 0 Å². The minimum absolute atomic E-state index is 0.117. The zero-order valence-electron chi connectivity index (χ0n) is 10.0. The van der Waals surface area contributed by atoms with E-state index in [4.69, 9.17) is 4.74 Å². The second-order valence-electron chi connectivity index (χ2n) is 4.66. The average molecular weight is 201 g/mol. The fourth-order valence-electron chi connectivity index (χ4n) is 1.22. The first-order valence-electron chi connectivity index (χ1n) is 5.33. The summed E-state index contributed by atoms with van der Waals surface area (Å²) in [7, 11) is 1.29. The van der Waals surface area contributed by atoms with E-state index in [1.165, 1.54) is 27.6 Å². The Morgan fingerprint density at radius 3 is 1.54 bits per heavy atom. The second kappa shape index (κ2) is 5.10. The fraction of sp³-hybridized carbons (Fsp3) is 1.00. The van der Waals surface area contributed by atoms with Crippen LogP contribution >= 0.6 is 8.37 Å². The maximum absolute atomic E-state index is 4.71. The van der Waals surface area contributed by atoms with Crippen LogP contribution in [-0.4, -0.2) is 10.7 Å². The summed E-state index contributed by atoms with van der Waals surface area (Å²) in [5.74, 6) is 0. The van der Waals surface area contributed by atoms with Gasteiger partial charge in [-0.25, -0.2) is 0 Å². The quantitative estimate of drug-likeness (QED) is 0.574. The van der Waals surface area contributed by atoms with Crippen molar-refractivity contribution in [3.63, 3.8) is 0 Å². The standard InChI is InChI=1S/C11H24NP/c1-7-11(8-2,9-3)13-12-10(4,5)6/h7-9H2,1-6H3. The van der Waals surface area contributed by atoms with Crippen molar-refractivity contribution in [2.75, 3.05) is 0 Å². The van der Waals surface area contributed by atoms with E-state index in [-0.39, 0.29) is 5.54 Å². The molecule has 0 spiro atoms. The summed E-state index contributed by atoms with van der Waals surface area (Å²) in [6.45, 7) is 13.3. The molecule has 0 bridgehead atoms. The SMILES string of the molecule is CCC(CC)(CC)P=NC(C)(C)C. The number of rotatable bonds is 4. The summed E-state index contributed by atoms with van der Waals surface area (Å²) < 4.78 is 4.71. The molecule has 0 saturated heterocycles. The normalized spacial score (nSPS) is 14.0. The fourth-order valence-corrected chi connectivity index (χ4v) is 2.15. The highest BCUT2D eigenvalue weighted by molar-refractivity contribution is 7.29. The molecule has 0 unspecified atom stereocenters. The van der Waals surface area contributed by atoms with E-state index in [0.29, 0.717) is 5.16 Å². The summed E-state index contributed by atoms with van der Waals surface area (Å²) in [5, 5.41) is 0.438. The molecule has 0 N–H and O–H groups in total. The lowest BCUT2D eigenvalue weighted by molar-refractivity contribution is 0.520. The zero-order valence-corrected chi connectivity index (χ0v) is 10.9. The van der Waals surface area contributed by atoms with Crippen LogP contribution in [0.2, 0.25) is 0 Å². The third kappa shape index (κ3) is 4.76. The van der Waals surface area contributed by atoms with Gasteiger partial charge in [0.15, 0.2) is 0 Å². The van der Waals surface area contributed by atoms with Crippen molar-refractivity contribution in [1.29, 1.82) is 0 Å². The highest BCUT2D eigenvalue weighted by Gasteiger charge is 2.23. The first-order valence-corrected chi connectivity index (χ1v) is 6.18. The smallest absolute Gasteiger partial charge is 0.0567 e. The Labute approximate surface area is 85.2 Å². The lowest BCUT2D eigenvalue weighted by Gasteiger charge is -2.25. The van der Waals surface area contributed by atoms with Gasteiger partial charge >= 0.3 is 0 Å². The van der Waals surface area contributed by atoms with Crippen LogP contribution in [0.4, 0.5) is 0 Å². The Morgan fingerprint density at radius 1 is 0.923 bits per heavy atom. The summed E-state index contributed by atoms with van der Waals surface area (Å²) in [4.78, 5) is 0. The monoisotopic (exact) mass is 201 g/mol. The van der Waals surface area contributed by atoms with Crippen LogP contribution in [0.15, 0.2) is 4.74 Å².